The van der Waals surface area contributed by atoms with Crippen molar-refractivity contribution in [2.75, 3.05) is 7.11 Å². The molecule has 0 fully saturated rings. The highest BCUT2D eigenvalue weighted by atomic mass is 19.1. The van der Waals surface area contributed by atoms with Crippen LogP contribution in [0.25, 0.3) is 0 Å². The van der Waals surface area contributed by atoms with Gasteiger partial charge in [0, 0.05) is 12.5 Å². The van der Waals surface area contributed by atoms with E-state index in [-0.39, 0.29) is 11.3 Å². The van der Waals surface area contributed by atoms with Crippen LogP contribution in [0.4, 0.5) is 4.39 Å². The summed E-state index contributed by atoms with van der Waals surface area (Å²) in [5, 5.41) is 0. The van der Waals surface area contributed by atoms with Crippen molar-refractivity contribution in [1.82, 2.24) is 0 Å². The van der Waals surface area contributed by atoms with E-state index in [0.29, 0.717) is 18.6 Å². The summed E-state index contributed by atoms with van der Waals surface area (Å²) in [5.74, 6) is -0.307. The minimum absolute atomic E-state index is 0.122. The van der Waals surface area contributed by atoms with Crippen molar-refractivity contribution >= 4 is 5.78 Å². The number of benzene rings is 2. The van der Waals surface area contributed by atoms with E-state index in [1.807, 2.05) is 30.3 Å². The number of Topliss-reactive ketones (excluding diaryl/α,β-unsaturated/α-hetero) is 1. The van der Waals surface area contributed by atoms with Crippen molar-refractivity contribution in [3.63, 3.8) is 0 Å². The molecule has 0 bridgehead atoms. The Morgan fingerprint density at radius 2 is 1.89 bits per heavy atom. The summed E-state index contributed by atoms with van der Waals surface area (Å²) < 4.78 is 18.6. The van der Waals surface area contributed by atoms with E-state index in [0.717, 1.165) is 5.56 Å². The molecule has 2 aromatic carbocycles. The van der Waals surface area contributed by atoms with Gasteiger partial charge in [-0.2, -0.15) is 0 Å². The van der Waals surface area contributed by atoms with Crippen LogP contribution >= 0.6 is 0 Å². The first-order valence-electron chi connectivity index (χ1n) is 6.11. The SMILES string of the molecule is COc1ccc(C(=O)CCc2ccccc2)c(F)c1. The zero-order chi connectivity index (χ0) is 13.7. The third-order valence-electron chi connectivity index (χ3n) is 2.96. The molecule has 0 unspecified atom stereocenters. The summed E-state index contributed by atoms with van der Waals surface area (Å²) in [5.41, 5.74) is 1.20. The van der Waals surface area contributed by atoms with Gasteiger partial charge >= 0.3 is 0 Å². The van der Waals surface area contributed by atoms with Crippen LogP contribution in [0.1, 0.15) is 22.3 Å². The average Bonchev–Trinajstić information content (AvgIpc) is 2.45. The molecular weight excluding hydrogens is 243 g/mol. The van der Waals surface area contributed by atoms with Gasteiger partial charge in [0.1, 0.15) is 11.6 Å². The van der Waals surface area contributed by atoms with Crippen molar-refractivity contribution in [3.8, 4) is 5.75 Å². The second-order valence-electron chi connectivity index (χ2n) is 4.25. The maximum absolute atomic E-state index is 13.7. The molecule has 0 spiro atoms. The molecule has 2 nitrogen and oxygen atoms in total. The fourth-order valence-electron chi connectivity index (χ4n) is 1.89. The normalized spacial score (nSPS) is 10.2. The van der Waals surface area contributed by atoms with Crippen LogP contribution in [0.3, 0.4) is 0 Å². The first kappa shape index (κ1) is 13.3. The first-order chi connectivity index (χ1) is 9.20. The van der Waals surface area contributed by atoms with E-state index in [4.69, 9.17) is 4.74 Å². The summed E-state index contributed by atoms with van der Waals surface area (Å²) in [7, 11) is 1.46. The van der Waals surface area contributed by atoms with E-state index in [9.17, 15) is 9.18 Å². The van der Waals surface area contributed by atoms with Crippen LogP contribution in [0, 0.1) is 5.82 Å². The van der Waals surface area contributed by atoms with Gasteiger partial charge in [-0.3, -0.25) is 4.79 Å². The molecule has 3 heteroatoms. The fraction of sp³-hybridized carbons (Fsp3) is 0.188. The molecule has 0 amide bonds. The number of hydrogen-bond acceptors (Lipinski definition) is 2. The number of aryl methyl sites for hydroxylation is 1. The monoisotopic (exact) mass is 258 g/mol. The summed E-state index contributed by atoms with van der Waals surface area (Å²) in [4.78, 5) is 12.0. The molecule has 0 heterocycles. The van der Waals surface area contributed by atoms with Gasteiger partial charge in [0.2, 0.25) is 0 Å². The molecule has 0 aromatic heterocycles. The number of hydrogen-bond donors (Lipinski definition) is 0. The third kappa shape index (κ3) is 3.41. The number of carbonyl (C=O) groups excluding carboxylic acids is 1. The lowest BCUT2D eigenvalue weighted by atomic mass is 10.0. The predicted molar refractivity (Wildman–Crippen MR) is 72.0 cm³/mol. The molecule has 0 saturated carbocycles. The summed E-state index contributed by atoms with van der Waals surface area (Å²) in [6.45, 7) is 0. The molecule has 0 atom stereocenters. The topological polar surface area (TPSA) is 26.3 Å². The maximum Gasteiger partial charge on any atom is 0.166 e. The molecule has 0 aliphatic rings. The van der Waals surface area contributed by atoms with Gasteiger partial charge < -0.3 is 4.74 Å². The van der Waals surface area contributed by atoms with Gasteiger partial charge in [-0.25, -0.2) is 4.39 Å². The van der Waals surface area contributed by atoms with Gasteiger partial charge in [-0.05, 0) is 24.1 Å². The Kier molecular flexibility index (Phi) is 4.29. The van der Waals surface area contributed by atoms with Crippen molar-refractivity contribution < 1.29 is 13.9 Å². The highest BCUT2D eigenvalue weighted by molar-refractivity contribution is 5.96. The smallest absolute Gasteiger partial charge is 0.166 e. The number of carbonyl (C=O) groups is 1. The molecule has 0 aliphatic carbocycles. The van der Waals surface area contributed by atoms with Crippen LogP contribution in [-0.4, -0.2) is 12.9 Å². The second-order valence-corrected chi connectivity index (χ2v) is 4.25. The van der Waals surface area contributed by atoms with Crippen molar-refractivity contribution in [2.24, 2.45) is 0 Å². The Balaban J connectivity index is 2.04. The van der Waals surface area contributed by atoms with E-state index in [2.05, 4.69) is 0 Å². The van der Waals surface area contributed by atoms with Crippen molar-refractivity contribution in [1.29, 1.82) is 0 Å². The second kappa shape index (κ2) is 6.14. The van der Waals surface area contributed by atoms with Gasteiger partial charge in [0.15, 0.2) is 5.78 Å². The van der Waals surface area contributed by atoms with Crippen LogP contribution in [0.2, 0.25) is 0 Å². The number of methoxy groups -OCH3 is 1. The lowest BCUT2D eigenvalue weighted by Crippen LogP contribution is -2.04. The molecule has 2 aromatic rings. The highest BCUT2D eigenvalue weighted by Gasteiger charge is 2.12. The number of ketones is 1. The van der Waals surface area contributed by atoms with E-state index in [1.165, 1.54) is 19.2 Å². The van der Waals surface area contributed by atoms with Crippen molar-refractivity contribution in [3.05, 3.63) is 65.5 Å². The minimum Gasteiger partial charge on any atom is -0.497 e. The van der Waals surface area contributed by atoms with Crippen LogP contribution < -0.4 is 4.74 Å². The standard InChI is InChI=1S/C16H15FO2/c1-19-13-8-9-14(15(17)11-13)16(18)10-7-12-5-3-2-4-6-12/h2-6,8-9,11H,7,10H2,1H3. The maximum atomic E-state index is 13.7. The first-order valence-corrected chi connectivity index (χ1v) is 6.11. The van der Waals surface area contributed by atoms with E-state index < -0.39 is 5.82 Å². The molecule has 19 heavy (non-hydrogen) atoms. The molecule has 0 radical (unpaired) electrons. The third-order valence-corrected chi connectivity index (χ3v) is 2.96. The fourth-order valence-corrected chi connectivity index (χ4v) is 1.89. The molecule has 2 rings (SSSR count). The van der Waals surface area contributed by atoms with Gasteiger partial charge in [0.05, 0.1) is 12.7 Å². The zero-order valence-corrected chi connectivity index (χ0v) is 10.7. The Bertz CT molecular complexity index is 564. The summed E-state index contributed by atoms with van der Waals surface area (Å²) in [6, 6.07) is 14.0. The quantitative estimate of drug-likeness (QED) is 0.765. The lowest BCUT2D eigenvalue weighted by Gasteiger charge is -2.05. The van der Waals surface area contributed by atoms with Gasteiger partial charge in [-0.15, -0.1) is 0 Å². The highest BCUT2D eigenvalue weighted by Crippen LogP contribution is 2.18. The molecule has 98 valence electrons. The average molecular weight is 258 g/mol. The van der Waals surface area contributed by atoms with Crippen LogP contribution in [-0.2, 0) is 6.42 Å². The van der Waals surface area contributed by atoms with Crippen LogP contribution in [0.5, 0.6) is 5.75 Å². The number of ether oxygens (including phenoxy) is 1. The zero-order valence-electron chi connectivity index (χ0n) is 10.7. The van der Waals surface area contributed by atoms with Gasteiger partial charge in [-0.1, -0.05) is 30.3 Å². The largest absolute Gasteiger partial charge is 0.497 e. The molecule has 0 N–H and O–H groups in total. The van der Waals surface area contributed by atoms with E-state index in [1.54, 1.807) is 6.07 Å². The van der Waals surface area contributed by atoms with Gasteiger partial charge in [0.25, 0.3) is 0 Å². The number of halogens is 1. The molecular formula is C16H15FO2. The Hall–Kier alpha value is -2.16. The van der Waals surface area contributed by atoms with E-state index >= 15 is 0 Å². The molecule has 0 aliphatic heterocycles. The lowest BCUT2D eigenvalue weighted by molar-refractivity contribution is 0.0979. The Labute approximate surface area is 111 Å². The Morgan fingerprint density at radius 3 is 2.53 bits per heavy atom. The predicted octanol–water partition coefficient (Wildman–Crippen LogP) is 3.65. The summed E-state index contributed by atoms with van der Waals surface area (Å²) >= 11 is 0. The Morgan fingerprint density at radius 1 is 1.16 bits per heavy atom. The minimum atomic E-state index is -0.530. The summed E-state index contributed by atoms with van der Waals surface area (Å²) in [6.07, 6.45) is 0.915. The van der Waals surface area contributed by atoms with Crippen molar-refractivity contribution in [2.45, 2.75) is 12.8 Å². The number of rotatable bonds is 5. The molecule has 0 saturated heterocycles. The van der Waals surface area contributed by atoms with Crippen LogP contribution in [0.15, 0.2) is 48.5 Å².